The van der Waals surface area contributed by atoms with Crippen LogP contribution >= 0.6 is 0 Å². The SMILES string of the molecule is CC(C)=Cc1c(N2C(=O)c3cccc(c3)S(=O)(=O)Nc3nc(c(C)c(-c4c(C)cccc4C)n3)OC[C@H]2CCC(C)(C)C)cnn1C. The van der Waals surface area contributed by atoms with Crippen molar-refractivity contribution in [2.24, 2.45) is 12.5 Å². The van der Waals surface area contributed by atoms with E-state index in [2.05, 4.69) is 35.6 Å². The second kappa shape index (κ2) is 12.9. The van der Waals surface area contributed by atoms with E-state index in [-0.39, 0.29) is 40.2 Å². The lowest BCUT2D eigenvalue weighted by Gasteiger charge is -2.33. The summed E-state index contributed by atoms with van der Waals surface area (Å²) in [6.07, 6.45) is 5.07. The van der Waals surface area contributed by atoms with Gasteiger partial charge in [0, 0.05) is 23.7 Å². The number of aryl methyl sites for hydroxylation is 3. The second-order valence-electron chi connectivity index (χ2n) is 13.7. The maximum absolute atomic E-state index is 14.6. The normalized spacial score (nSPS) is 16.3. The Morgan fingerprint density at radius 1 is 1.06 bits per heavy atom. The van der Waals surface area contributed by atoms with E-state index in [1.165, 1.54) is 12.1 Å². The monoisotopic (exact) mass is 656 g/mol. The Labute approximate surface area is 278 Å². The van der Waals surface area contributed by atoms with Crippen LogP contribution in [0.3, 0.4) is 0 Å². The molecule has 4 aromatic rings. The van der Waals surface area contributed by atoms with Gasteiger partial charge in [-0.05, 0) is 88.3 Å². The zero-order valence-corrected chi connectivity index (χ0v) is 29.5. The van der Waals surface area contributed by atoms with Gasteiger partial charge in [-0.3, -0.25) is 14.4 Å². The first-order valence-electron chi connectivity index (χ1n) is 15.8. The molecule has 1 atom stereocenters. The Balaban J connectivity index is 1.77. The van der Waals surface area contributed by atoms with E-state index in [4.69, 9.17) is 9.72 Å². The number of aromatic nitrogens is 4. The smallest absolute Gasteiger partial charge is 0.264 e. The summed E-state index contributed by atoms with van der Waals surface area (Å²) in [6, 6.07) is 11.6. The minimum absolute atomic E-state index is 0.0288. The van der Waals surface area contributed by atoms with Crippen molar-refractivity contribution in [2.45, 2.75) is 79.2 Å². The van der Waals surface area contributed by atoms with Crippen molar-refractivity contribution < 1.29 is 17.9 Å². The van der Waals surface area contributed by atoms with Crippen LogP contribution in [0.25, 0.3) is 17.3 Å². The molecule has 0 saturated carbocycles. The standard InChI is InChI=1S/C36H44N6O4S/c1-22(2)18-29-30(20-37-41(29)9)42-27(16-17-36(6,7)8)21-46-33-25(5)32(31-23(3)12-10-13-24(31)4)38-35(39-33)40-47(44,45)28-15-11-14-26(19-28)34(42)43/h10-15,18-20,27H,16-17,21H2,1-9H3,(H,38,39,40)/t27-/m1/s1. The average molecular weight is 657 g/mol. The molecule has 248 valence electrons. The molecular weight excluding hydrogens is 613 g/mol. The van der Waals surface area contributed by atoms with Gasteiger partial charge in [0.2, 0.25) is 11.8 Å². The Morgan fingerprint density at radius 3 is 2.40 bits per heavy atom. The van der Waals surface area contributed by atoms with Crippen LogP contribution < -0.4 is 14.4 Å². The number of amides is 1. The van der Waals surface area contributed by atoms with Crippen LogP contribution in [0.1, 0.15) is 80.2 Å². The minimum atomic E-state index is -4.19. The van der Waals surface area contributed by atoms with Crippen molar-refractivity contribution in [3.63, 3.8) is 0 Å². The topological polar surface area (TPSA) is 119 Å². The third-order valence-corrected chi connectivity index (χ3v) is 9.64. The summed E-state index contributed by atoms with van der Waals surface area (Å²) in [7, 11) is -2.35. The number of carbonyl (C=O) groups is 1. The lowest BCUT2D eigenvalue weighted by molar-refractivity contribution is 0.0960. The van der Waals surface area contributed by atoms with Gasteiger partial charge in [-0.15, -0.1) is 0 Å². The number of sulfonamides is 1. The lowest BCUT2D eigenvalue weighted by atomic mass is 9.88. The van der Waals surface area contributed by atoms with Crippen LogP contribution in [-0.4, -0.2) is 46.7 Å². The van der Waals surface area contributed by atoms with Crippen molar-refractivity contribution in [1.29, 1.82) is 0 Å². The first-order valence-corrected chi connectivity index (χ1v) is 17.3. The van der Waals surface area contributed by atoms with Crippen molar-refractivity contribution in [2.75, 3.05) is 16.2 Å². The maximum atomic E-state index is 14.6. The fourth-order valence-corrected chi connectivity index (χ4v) is 6.81. The number of fused-ring (bicyclic) bond motifs is 4. The minimum Gasteiger partial charge on any atom is -0.475 e. The van der Waals surface area contributed by atoms with Crippen molar-refractivity contribution in [3.05, 3.63) is 82.2 Å². The van der Waals surface area contributed by atoms with E-state index in [0.717, 1.165) is 34.4 Å². The van der Waals surface area contributed by atoms with E-state index in [9.17, 15) is 13.2 Å². The summed E-state index contributed by atoms with van der Waals surface area (Å²) in [5.74, 6) is -0.225. The summed E-state index contributed by atoms with van der Waals surface area (Å²) in [5, 5.41) is 4.53. The molecule has 1 aliphatic heterocycles. The largest absolute Gasteiger partial charge is 0.475 e. The Hall–Kier alpha value is -4.51. The predicted octanol–water partition coefficient (Wildman–Crippen LogP) is 7.26. The van der Waals surface area contributed by atoms with Gasteiger partial charge in [0.1, 0.15) is 6.61 Å². The Morgan fingerprint density at radius 2 is 1.74 bits per heavy atom. The van der Waals surface area contributed by atoms with Gasteiger partial charge in [-0.2, -0.15) is 10.1 Å². The van der Waals surface area contributed by atoms with Gasteiger partial charge in [-0.1, -0.05) is 50.6 Å². The summed E-state index contributed by atoms with van der Waals surface area (Å²) in [4.78, 5) is 25.6. The molecule has 0 radical (unpaired) electrons. The molecule has 1 aliphatic rings. The van der Waals surface area contributed by atoms with Gasteiger partial charge in [-0.25, -0.2) is 18.1 Å². The molecule has 10 nitrogen and oxygen atoms in total. The number of carbonyl (C=O) groups excluding carboxylic acids is 1. The first-order chi connectivity index (χ1) is 22.1. The van der Waals surface area contributed by atoms with Crippen LogP contribution in [0.2, 0.25) is 0 Å². The lowest BCUT2D eigenvalue weighted by Crippen LogP contribution is -2.45. The van der Waals surface area contributed by atoms with Crippen LogP contribution in [0.15, 0.2) is 59.1 Å². The number of benzene rings is 2. The highest BCUT2D eigenvalue weighted by molar-refractivity contribution is 7.92. The zero-order chi connectivity index (χ0) is 34.3. The van der Waals surface area contributed by atoms with E-state index >= 15 is 0 Å². The highest BCUT2D eigenvalue weighted by atomic mass is 32.2. The number of hydrogen-bond acceptors (Lipinski definition) is 7. The number of nitrogens with one attached hydrogen (secondary N) is 1. The third-order valence-electron chi connectivity index (χ3n) is 8.31. The average Bonchev–Trinajstić information content (AvgIpc) is 3.33. The number of hydrogen-bond donors (Lipinski definition) is 1. The van der Waals surface area contributed by atoms with E-state index < -0.39 is 16.1 Å². The summed E-state index contributed by atoms with van der Waals surface area (Å²) in [6.45, 7) is 16.4. The Kier molecular flexibility index (Phi) is 9.32. The quantitative estimate of drug-likeness (QED) is 0.240. The third kappa shape index (κ3) is 7.25. The van der Waals surface area contributed by atoms with Crippen LogP contribution in [0, 0.1) is 26.2 Å². The van der Waals surface area contributed by atoms with Crippen LogP contribution in [0.4, 0.5) is 11.6 Å². The van der Waals surface area contributed by atoms with E-state index in [1.807, 2.05) is 65.9 Å². The number of ether oxygens (including phenoxy) is 1. The highest BCUT2D eigenvalue weighted by Crippen LogP contribution is 2.36. The summed E-state index contributed by atoms with van der Waals surface area (Å²) >= 11 is 0. The molecule has 1 amide bonds. The van der Waals surface area contributed by atoms with Crippen LogP contribution in [0.5, 0.6) is 5.88 Å². The number of allylic oxidation sites excluding steroid dienone is 1. The van der Waals surface area contributed by atoms with Crippen molar-refractivity contribution >= 4 is 33.6 Å². The van der Waals surface area contributed by atoms with Gasteiger partial charge >= 0.3 is 0 Å². The first kappa shape index (κ1) is 33.8. The number of rotatable bonds is 5. The molecule has 0 saturated heterocycles. The molecule has 2 aromatic carbocycles. The molecule has 47 heavy (non-hydrogen) atoms. The predicted molar refractivity (Wildman–Crippen MR) is 186 cm³/mol. The maximum Gasteiger partial charge on any atom is 0.264 e. The molecule has 0 aliphatic carbocycles. The fourth-order valence-electron chi connectivity index (χ4n) is 5.82. The summed E-state index contributed by atoms with van der Waals surface area (Å²) < 4.78 is 38.4. The van der Waals surface area contributed by atoms with Gasteiger partial charge in [0.25, 0.3) is 15.9 Å². The number of anilines is 2. The second-order valence-corrected chi connectivity index (χ2v) is 15.4. The molecule has 0 unspecified atom stereocenters. The number of nitrogens with zero attached hydrogens (tertiary/aromatic N) is 5. The van der Waals surface area contributed by atoms with Gasteiger partial charge < -0.3 is 4.74 Å². The van der Waals surface area contributed by atoms with Gasteiger partial charge in [0.15, 0.2) is 0 Å². The fraction of sp³-hybridized carbons (Fsp3) is 0.389. The molecule has 4 bridgehead atoms. The van der Waals surface area contributed by atoms with Crippen molar-refractivity contribution in [1.82, 2.24) is 19.7 Å². The molecule has 0 fully saturated rings. The van der Waals surface area contributed by atoms with Crippen molar-refractivity contribution in [3.8, 4) is 17.1 Å². The molecular formula is C36H44N6O4S. The molecule has 0 spiro atoms. The molecule has 11 heteroatoms. The Bertz CT molecular complexity index is 1950. The zero-order valence-electron chi connectivity index (χ0n) is 28.7. The van der Waals surface area contributed by atoms with E-state index in [0.29, 0.717) is 23.4 Å². The highest BCUT2D eigenvalue weighted by Gasteiger charge is 2.33. The molecule has 1 N–H and O–H groups in total. The summed E-state index contributed by atoms with van der Waals surface area (Å²) in [5.41, 5.74) is 6.69. The molecule has 5 rings (SSSR count). The molecule has 2 aromatic heterocycles. The van der Waals surface area contributed by atoms with E-state index in [1.54, 1.807) is 27.9 Å². The van der Waals surface area contributed by atoms with Gasteiger partial charge in [0.05, 0.1) is 34.2 Å². The van der Waals surface area contributed by atoms with Crippen LogP contribution in [-0.2, 0) is 17.1 Å². The molecule has 3 heterocycles.